The molecule has 7 nitrogen and oxygen atoms in total. The molecule has 1 aromatic carbocycles. The number of aryl methyl sites for hydroxylation is 1. The van der Waals surface area contributed by atoms with E-state index < -0.39 is 21.7 Å². The van der Waals surface area contributed by atoms with E-state index in [-0.39, 0.29) is 29.8 Å². The summed E-state index contributed by atoms with van der Waals surface area (Å²) < 4.78 is 39.0. The summed E-state index contributed by atoms with van der Waals surface area (Å²) in [5.74, 6) is -0.226. The van der Waals surface area contributed by atoms with Crippen molar-refractivity contribution in [3.05, 3.63) is 47.0 Å². The lowest BCUT2D eigenvalue weighted by Gasteiger charge is -2.19. The number of amides is 2. The highest BCUT2D eigenvalue weighted by Crippen LogP contribution is 2.27. The number of rotatable bonds is 4. The molecule has 2 heterocycles. The van der Waals surface area contributed by atoms with Crippen LogP contribution in [0, 0.1) is 19.7 Å². The maximum atomic E-state index is 13.7. The van der Waals surface area contributed by atoms with E-state index in [1.807, 2.05) is 13.8 Å². The summed E-state index contributed by atoms with van der Waals surface area (Å²) in [4.78, 5) is 13.8. The van der Waals surface area contributed by atoms with Crippen LogP contribution < -0.4 is 5.32 Å². The number of aromatic nitrogens is 2. The van der Waals surface area contributed by atoms with Gasteiger partial charge in [-0.1, -0.05) is 12.1 Å². The first-order valence-electron chi connectivity index (χ1n) is 8.69. The molecule has 0 radical (unpaired) electrons. The molecule has 9 heteroatoms. The van der Waals surface area contributed by atoms with Crippen molar-refractivity contribution in [2.24, 2.45) is 0 Å². The fourth-order valence-corrected chi connectivity index (χ4v) is 5.02. The fourth-order valence-electron chi connectivity index (χ4n) is 3.33. The normalized spacial score (nSPS) is 18.4. The van der Waals surface area contributed by atoms with E-state index >= 15 is 0 Å². The van der Waals surface area contributed by atoms with E-state index in [1.54, 1.807) is 23.9 Å². The number of nitrogens with one attached hydrogen (secondary N) is 1. The lowest BCUT2D eigenvalue weighted by atomic mass is 10.2. The molecule has 1 N–H and O–H groups in total. The van der Waals surface area contributed by atoms with E-state index in [1.165, 1.54) is 17.0 Å². The average molecular weight is 394 g/mol. The number of anilines is 1. The lowest BCUT2D eigenvalue weighted by molar-refractivity contribution is 0.220. The Kier molecular flexibility index (Phi) is 5.23. The molecule has 1 fully saturated rings. The predicted molar refractivity (Wildman–Crippen MR) is 101 cm³/mol. The molecule has 0 spiro atoms. The minimum Gasteiger partial charge on any atom is -0.323 e. The summed E-state index contributed by atoms with van der Waals surface area (Å²) in [5.41, 5.74) is 2.59. The third kappa shape index (κ3) is 4.13. The Balaban J connectivity index is 1.73. The lowest BCUT2D eigenvalue weighted by Crippen LogP contribution is -2.31. The second kappa shape index (κ2) is 7.30. The van der Waals surface area contributed by atoms with Crippen LogP contribution in [0.5, 0.6) is 0 Å². The molecule has 1 aliphatic heterocycles. The number of carbonyl (C=O) groups is 1. The van der Waals surface area contributed by atoms with Crippen molar-refractivity contribution < 1.29 is 17.6 Å². The molecular formula is C18H23FN4O3S. The van der Waals surface area contributed by atoms with Crippen LogP contribution in [0.4, 0.5) is 14.9 Å². The van der Waals surface area contributed by atoms with Gasteiger partial charge in [-0.3, -0.25) is 4.68 Å². The first kappa shape index (κ1) is 19.3. The summed E-state index contributed by atoms with van der Waals surface area (Å²) in [6.45, 7) is 4.01. The van der Waals surface area contributed by atoms with Gasteiger partial charge < -0.3 is 10.2 Å². The number of nitrogens with zero attached hydrogens (tertiary/aromatic N) is 3. The van der Waals surface area contributed by atoms with Crippen molar-refractivity contribution in [3.8, 4) is 0 Å². The second-order valence-corrected chi connectivity index (χ2v) is 9.15. The van der Waals surface area contributed by atoms with Gasteiger partial charge >= 0.3 is 6.03 Å². The van der Waals surface area contributed by atoms with Crippen LogP contribution in [-0.4, -0.2) is 47.7 Å². The monoisotopic (exact) mass is 394 g/mol. The highest BCUT2D eigenvalue weighted by atomic mass is 32.2. The summed E-state index contributed by atoms with van der Waals surface area (Å²) in [5, 5.41) is 7.05. The zero-order valence-electron chi connectivity index (χ0n) is 15.6. The van der Waals surface area contributed by atoms with Gasteiger partial charge in [0.25, 0.3) is 0 Å². The first-order valence-corrected chi connectivity index (χ1v) is 10.5. The van der Waals surface area contributed by atoms with E-state index in [2.05, 4.69) is 10.4 Å². The van der Waals surface area contributed by atoms with E-state index in [4.69, 9.17) is 0 Å². The average Bonchev–Trinajstić information content (AvgIpc) is 3.10. The van der Waals surface area contributed by atoms with E-state index in [0.717, 1.165) is 17.0 Å². The molecule has 1 aromatic heterocycles. The van der Waals surface area contributed by atoms with Gasteiger partial charge in [0.05, 0.1) is 35.5 Å². The Bertz CT molecular complexity index is 971. The molecule has 0 bridgehead atoms. The number of para-hydroxylation sites is 1. The molecular weight excluding hydrogens is 371 g/mol. The van der Waals surface area contributed by atoms with Crippen molar-refractivity contribution in [2.75, 3.05) is 23.9 Å². The summed E-state index contributed by atoms with van der Waals surface area (Å²) in [6, 6.07) is 5.38. The van der Waals surface area contributed by atoms with Gasteiger partial charge in [0.2, 0.25) is 0 Å². The molecule has 146 valence electrons. The second-order valence-electron chi connectivity index (χ2n) is 6.92. The highest BCUT2D eigenvalue weighted by Gasteiger charge is 2.31. The highest BCUT2D eigenvalue weighted by molar-refractivity contribution is 7.91. The first-order chi connectivity index (χ1) is 12.7. The smallest absolute Gasteiger partial charge is 0.321 e. The summed E-state index contributed by atoms with van der Waals surface area (Å²) in [6.07, 6.45) is 0.549. The van der Waals surface area contributed by atoms with Gasteiger partial charge in [-0.2, -0.15) is 5.10 Å². The molecule has 0 saturated carbocycles. The van der Waals surface area contributed by atoms with Crippen molar-refractivity contribution in [1.29, 1.82) is 0 Å². The van der Waals surface area contributed by atoms with Gasteiger partial charge in [0.1, 0.15) is 5.82 Å². The molecule has 2 aromatic rings. The third-order valence-electron chi connectivity index (χ3n) is 4.89. The zero-order valence-corrected chi connectivity index (χ0v) is 16.4. The van der Waals surface area contributed by atoms with Gasteiger partial charge in [-0.25, -0.2) is 17.6 Å². The fraction of sp³-hybridized carbons (Fsp3) is 0.444. The number of sulfone groups is 1. The molecule has 1 atom stereocenters. The maximum Gasteiger partial charge on any atom is 0.321 e. The van der Waals surface area contributed by atoms with Crippen LogP contribution in [0.2, 0.25) is 0 Å². The Morgan fingerprint density at radius 3 is 2.70 bits per heavy atom. The Morgan fingerprint density at radius 1 is 1.37 bits per heavy atom. The molecule has 1 saturated heterocycles. The Labute approximate surface area is 158 Å². The largest absolute Gasteiger partial charge is 0.323 e. The van der Waals surface area contributed by atoms with Crippen molar-refractivity contribution >= 4 is 21.6 Å². The minimum atomic E-state index is -3.01. The van der Waals surface area contributed by atoms with Gasteiger partial charge in [0, 0.05) is 18.3 Å². The number of hydrogen-bond donors (Lipinski definition) is 1. The Morgan fingerprint density at radius 2 is 2.07 bits per heavy atom. The number of hydrogen-bond acceptors (Lipinski definition) is 4. The maximum absolute atomic E-state index is 13.7. The van der Waals surface area contributed by atoms with Gasteiger partial charge in [-0.05, 0) is 32.4 Å². The minimum absolute atomic E-state index is 0.0952. The zero-order chi connectivity index (χ0) is 19.8. The van der Waals surface area contributed by atoms with Crippen molar-refractivity contribution in [2.45, 2.75) is 32.9 Å². The topological polar surface area (TPSA) is 84.3 Å². The van der Waals surface area contributed by atoms with Crippen LogP contribution in [0.1, 0.15) is 29.4 Å². The third-order valence-corrected chi connectivity index (χ3v) is 6.64. The molecule has 27 heavy (non-hydrogen) atoms. The van der Waals surface area contributed by atoms with Gasteiger partial charge in [-0.15, -0.1) is 0 Å². The number of carbonyl (C=O) groups excluding carboxylic acids is 1. The molecule has 3 rings (SSSR count). The predicted octanol–water partition coefficient (Wildman–Crippen LogP) is 2.66. The Hall–Kier alpha value is -2.42. The van der Waals surface area contributed by atoms with E-state index in [9.17, 15) is 17.6 Å². The quantitative estimate of drug-likeness (QED) is 0.864. The van der Waals surface area contributed by atoms with E-state index in [0.29, 0.717) is 6.42 Å². The van der Waals surface area contributed by atoms with Gasteiger partial charge in [0.15, 0.2) is 9.84 Å². The molecule has 0 aliphatic carbocycles. The molecule has 1 aliphatic rings. The standard InChI is InChI=1S/C18H23FN4O3S/c1-12-15(13(2)23(21-12)14-8-9-27(25,26)11-14)10-22(3)18(24)20-17-7-5-4-6-16(17)19/h4-7,14H,8-11H2,1-3H3,(H,20,24)/t14-/m0/s1. The number of halogens is 1. The summed E-state index contributed by atoms with van der Waals surface area (Å²) >= 11 is 0. The molecule has 2 amide bonds. The molecule has 0 unspecified atom stereocenters. The van der Waals surface area contributed by atoms with Crippen LogP contribution >= 0.6 is 0 Å². The summed E-state index contributed by atoms with van der Waals surface area (Å²) in [7, 11) is -1.39. The van der Waals surface area contributed by atoms with Crippen molar-refractivity contribution in [3.63, 3.8) is 0 Å². The number of urea groups is 1. The van der Waals surface area contributed by atoms with Crippen LogP contribution in [-0.2, 0) is 16.4 Å². The number of benzene rings is 1. The van der Waals surface area contributed by atoms with Crippen LogP contribution in [0.15, 0.2) is 24.3 Å². The van der Waals surface area contributed by atoms with Crippen LogP contribution in [0.25, 0.3) is 0 Å². The van der Waals surface area contributed by atoms with Crippen LogP contribution in [0.3, 0.4) is 0 Å². The van der Waals surface area contributed by atoms with Crippen molar-refractivity contribution in [1.82, 2.24) is 14.7 Å². The SMILES string of the molecule is Cc1nn([C@H]2CCS(=O)(=O)C2)c(C)c1CN(C)C(=O)Nc1ccccc1F.